The Balaban J connectivity index is 1.79. The molecular weight excluding hydrogens is 386 g/mol. The number of benzene rings is 2. The van der Waals surface area contributed by atoms with Crippen LogP contribution >= 0.6 is 0 Å². The summed E-state index contributed by atoms with van der Waals surface area (Å²) in [6.07, 6.45) is 1.13. The molecule has 1 aliphatic rings. The maximum atomic E-state index is 13.4. The molecule has 0 radical (unpaired) electrons. The van der Waals surface area contributed by atoms with E-state index < -0.39 is 16.1 Å². The first-order valence-corrected chi connectivity index (χ1v) is 11.6. The van der Waals surface area contributed by atoms with E-state index in [4.69, 9.17) is 0 Å². The molecular formula is C22H29N3O3S. The van der Waals surface area contributed by atoms with Crippen molar-refractivity contribution >= 4 is 21.6 Å². The molecule has 1 heterocycles. The van der Waals surface area contributed by atoms with E-state index in [-0.39, 0.29) is 5.91 Å². The van der Waals surface area contributed by atoms with Crippen LogP contribution in [0.25, 0.3) is 0 Å². The van der Waals surface area contributed by atoms with Crippen LogP contribution in [0.2, 0.25) is 0 Å². The summed E-state index contributed by atoms with van der Waals surface area (Å²) >= 11 is 0. The second-order valence-electron chi connectivity index (χ2n) is 7.62. The highest BCUT2D eigenvalue weighted by atomic mass is 32.2. The zero-order valence-corrected chi connectivity index (χ0v) is 18.3. The number of anilines is 1. The fraction of sp³-hybridized carbons (Fsp3) is 0.409. The van der Waals surface area contributed by atoms with Crippen LogP contribution in [0.3, 0.4) is 0 Å². The van der Waals surface area contributed by atoms with Gasteiger partial charge < -0.3 is 9.80 Å². The molecule has 1 amide bonds. The van der Waals surface area contributed by atoms with E-state index in [1.165, 1.54) is 28.2 Å². The van der Waals surface area contributed by atoms with Crippen LogP contribution in [0, 0.1) is 13.8 Å². The number of rotatable bonds is 5. The quantitative estimate of drug-likeness (QED) is 0.753. The van der Waals surface area contributed by atoms with Gasteiger partial charge in [-0.05, 0) is 36.6 Å². The van der Waals surface area contributed by atoms with Crippen molar-refractivity contribution < 1.29 is 13.2 Å². The highest BCUT2D eigenvalue weighted by Gasteiger charge is 2.35. The Morgan fingerprint density at radius 1 is 0.966 bits per heavy atom. The first kappa shape index (κ1) is 21.3. The average molecular weight is 416 g/mol. The highest BCUT2D eigenvalue weighted by molar-refractivity contribution is 7.88. The van der Waals surface area contributed by atoms with E-state index >= 15 is 0 Å². The number of likely N-dealkylation sites (N-methyl/N-ethyl adjacent to an activating group) is 1. The fourth-order valence-electron chi connectivity index (χ4n) is 3.75. The first-order valence-electron chi connectivity index (χ1n) is 9.78. The number of sulfonamides is 1. The molecule has 2 aromatic rings. The summed E-state index contributed by atoms with van der Waals surface area (Å²) < 4.78 is 25.5. The Hall–Kier alpha value is -2.38. The van der Waals surface area contributed by atoms with Crippen molar-refractivity contribution in [1.29, 1.82) is 0 Å². The zero-order chi connectivity index (χ0) is 21.2. The van der Waals surface area contributed by atoms with Crippen LogP contribution < -0.4 is 4.90 Å². The minimum absolute atomic E-state index is 0.176. The van der Waals surface area contributed by atoms with Crippen LogP contribution in [-0.2, 0) is 14.8 Å². The molecule has 3 rings (SSSR count). The molecule has 0 spiro atoms. The van der Waals surface area contributed by atoms with Crippen molar-refractivity contribution in [2.45, 2.75) is 19.9 Å². The number of carbonyl (C=O) groups is 1. The first-order chi connectivity index (χ1) is 13.7. The second kappa shape index (κ2) is 8.55. The largest absolute Gasteiger partial charge is 0.368 e. The van der Waals surface area contributed by atoms with Crippen LogP contribution in [0.1, 0.15) is 22.7 Å². The molecule has 1 aliphatic heterocycles. The standard InChI is InChI=1S/C22H29N3O3S/c1-17-9-8-12-20(18(17)2)24-13-15-25(16-14-24)22(26)21(23(3)29(4,27)28)19-10-6-5-7-11-19/h5-12,21H,13-16H2,1-4H3/t21-/m1/s1. The predicted octanol–water partition coefficient (Wildman–Crippen LogP) is 2.58. The highest BCUT2D eigenvalue weighted by Crippen LogP contribution is 2.27. The number of piperazine rings is 1. The van der Waals surface area contributed by atoms with E-state index in [1.54, 1.807) is 17.0 Å². The molecule has 6 nitrogen and oxygen atoms in total. The van der Waals surface area contributed by atoms with Gasteiger partial charge in [-0.2, -0.15) is 4.31 Å². The Morgan fingerprint density at radius 2 is 1.59 bits per heavy atom. The predicted molar refractivity (Wildman–Crippen MR) is 116 cm³/mol. The Morgan fingerprint density at radius 3 is 2.17 bits per heavy atom. The van der Waals surface area contributed by atoms with Crippen molar-refractivity contribution in [2.75, 3.05) is 44.4 Å². The van der Waals surface area contributed by atoms with Gasteiger partial charge in [-0.3, -0.25) is 4.79 Å². The van der Waals surface area contributed by atoms with Crippen LogP contribution in [0.4, 0.5) is 5.69 Å². The molecule has 156 valence electrons. The van der Waals surface area contributed by atoms with Gasteiger partial charge in [-0.25, -0.2) is 8.42 Å². The molecule has 0 bridgehead atoms. The Kier molecular flexibility index (Phi) is 6.29. The minimum atomic E-state index is -3.52. The smallest absolute Gasteiger partial charge is 0.245 e. The van der Waals surface area contributed by atoms with Gasteiger partial charge in [0.2, 0.25) is 15.9 Å². The normalized spacial score (nSPS) is 16.2. The summed E-state index contributed by atoms with van der Waals surface area (Å²) in [6, 6.07) is 14.5. The molecule has 0 unspecified atom stereocenters. The Labute approximate surface area is 173 Å². The third-order valence-electron chi connectivity index (χ3n) is 5.74. The van der Waals surface area contributed by atoms with Gasteiger partial charge in [0.25, 0.3) is 0 Å². The second-order valence-corrected chi connectivity index (χ2v) is 9.67. The number of hydrogen-bond donors (Lipinski definition) is 0. The summed E-state index contributed by atoms with van der Waals surface area (Å²) in [6.45, 7) is 6.79. The van der Waals surface area contributed by atoms with Crippen LogP contribution in [0.15, 0.2) is 48.5 Å². The number of hydrogen-bond acceptors (Lipinski definition) is 4. The summed E-state index contributed by atoms with van der Waals surface area (Å²) in [4.78, 5) is 17.4. The Bertz CT molecular complexity index is 968. The molecule has 29 heavy (non-hydrogen) atoms. The topological polar surface area (TPSA) is 60.9 Å². The number of aryl methyl sites for hydroxylation is 1. The van der Waals surface area contributed by atoms with E-state index in [0.29, 0.717) is 18.7 Å². The van der Waals surface area contributed by atoms with Crippen LogP contribution in [0.5, 0.6) is 0 Å². The van der Waals surface area contributed by atoms with Crippen molar-refractivity contribution in [1.82, 2.24) is 9.21 Å². The lowest BCUT2D eigenvalue weighted by atomic mass is 10.0. The lowest BCUT2D eigenvalue weighted by Gasteiger charge is -2.39. The molecule has 2 aromatic carbocycles. The van der Waals surface area contributed by atoms with Gasteiger partial charge in [0.05, 0.1) is 6.26 Å². The van der Waals surface area contributed by atoms with Gasteiger partial charge in [0.1, 0.15) is 6.04 Å². The summed E-state index contributed by atoms with van der Waals surface area (Å²) in [7, 11) is -2.05. The summed E-state index contributed by atoms with van der Waals surface area (Å²) in [5.74, 6) is -0.176. The van der Waals surface area contributed by atoms with E-state index in [1.807, 2.05) is 18.2 Å². The van der Waals surface area contributed by atoms with E-state index in [0.717, 1.165) is 19.3 Å². The zero-order valence-electron chi connectivity index (χ0n) is 17.5. The van der Waals surface area contributed by atoms with Gasteiger partial charge in [-0.15, -0.1) is 0 Å². The molecule has 0 N–H and O–H groups in total. The van der Waals surface area contributed by atoms with Gasteiger partial charge in [0, 0.05) is 38.9 Å². The van der Waals surface area contributed by atoms with Crippen molar-refractivity contribution in [3.63, 3.8) is 0 Å². The maximum absolute atomic E-state index is 13.4. The molecule has 7 heteroatoms. The number of carbonyl (C=O) groups excluding carboxylic acids is 1. The molecule has 1 fully saturated rings. The fourth-order valence-corrected chi connectivity index (χ4v) is 4.35. The lowest BCUT2D eigenvalue weighted by Crippen LogP contribution is -2.52. The van der Waals surface area contributed by atoms with E-state index in [2.05, 4.69) is 36.9 Å². The van der Waals surface area contributed by atoms with Crippen molar-refractivity contribution in [2.24, 2.45) is 0 Å². The SMILES string of the molecule is Cc1cccc(N2CCN(C(=O)[C@@H](c3ccccc3)N(C)S(C)(=O)=O)CC2)c1C. The van der Waals surface area contributed by atoms with Gasteiger partial charge in [0.15, 0.2) is 0 Å². The van der Waals surface area contributed by atoms with Gasteiger partial charge >= 0.3 is 0 Å². The van der Waals surface area contributed by atoms with Crippen molar-refractivity contribution in [3.05, 3.63) is 65.2 Å². The number of amides is 1. The number of nitrogens with zero attached hydrogens (tertiary/aromatic N) is 3. The molecule has 0 aromatic heterocycles. The monoisotopic (exact) mass is 415 g/mol. The van der Waals surface area contributed by atoms with Crippen molar-refractivity contribution in [3.8, 4) is 0 Å². The van der Waals surface area contributed by atoms with E-state index in [9.17, 15) is 13.2 Å². The molecule has 0 aliphatic carbocycles. The molecule has 0 saturated carbocycles. The molecule has 1 atom stereocenters. The third kappa shape index (κ3) is 4.62. The third-order valence-corrected chi connectivity index (χ3v) is 7.00. The molecule has 1 saturated heterocycles. The minimum Gasteiger partial charge on any atom is -0.368 e. The summed E-state index contributed by atoms with van der Waals surface area (Å²) in [5.41, 5.74) is 4.39. The lowest BCUT2D eigenvalue weighted by molar-refractivity contribution is -0.135. The maximum Gasteiger partial charge on any atom is 0.245 e. The summed E-state index contributed by atoms with van der Waals surface area (Å²) in [5, 5.41) is 0. The average Bonchev–Trinajstić information content (AvgIpc) is 2.70. The van der Waals surface area contributed by atoms with Gasteiger partial charge in [-0.1, -0.05) is 42.5 Å². The van der Waals surface area contributed by atoms with Crippen LogP contribution in [-0.4, -0.2) is 63.0 Å².